The normalized spacial score (nSPS) is 44.8. The molecule has 3 nitrogen and oxygen atoms in total. The van der Waals surface area contributed by atoms with Gasteiger partial charge in [-0.15, -0.1) is 0 Å². The summed E-state index contributed by atoms with van der Waals surface area (Å²) in [7, 11) is 0. The zero-order chi connectivity index (χ0) is 8.72. The number of fused-ring (bicyclic) bond motifs is 2. The van der Waals surface area contributed by atoms with Crippen molar-refractivity contribution in [3.05, 3.63) is 0 Å². The maximum absolute atomic E-state index is 10.7. The smallest absolute Gasteiger partial charge is 0.302 e. The Bertz CT molecular complexity index is 202. The first-order chi connectivity index (χ1) is 5.68. The zero-order valence-corrected chi connectivity index (χ0v) is 7.19. The Balaban J connectivity index is 2.03. The van der Waals surface area contributed by atoms with E-state index in [4.69, 9.17) is 4.74 Å². The number of ether oxygens (including phenoxy) is 1. The van der Waals surface area contributed by atoms with Crippen LogP contribution in [-0.2, 0) is 9.53 Å². The molecule has 68 valence electrons. The third-order valence-corrected chi connectivity index (χ3v) is 3.10. The molecule has 0 aromatic rings. The predicted octanol–water partition coefficient (Wildman–Crippen LogP) is 0.709. The molecule has 2 rings (SSSR count). The van der Waals surface area contributed by atoms with Crippen molar-refractivity contribution in [2.45, 2.75) is 38.4 Å². The maximum Gasteiger partial charge on any atom is 0.302 e. The summed E-state index contributed by atoms with van der Waals surface area (Å²) in [4.78, 5) is 10.7. The van der Waals surface area contributed by atoms with Crippen LogP contribution in [0.15, 0.2) is 0 Å². The van der Waals surface area contributed by atoms with Gasteiger partial charge in [-0.1, -0.05) is 0 Å². The van der Waals surface area contributed by atoms with Crippen molar-refractivity contribution in [1.82, 2.24) is 0 Å². The lowest BCUT2D eigenvalue weighted by molar-refractivity contribution is -0.149. The van der Waals surface area contributed by atoms with Crippen LogP contribution in [0.1, 0.15) is 26.2 Å². The van der Waals surface area contributed by atoms with Crippen LogP contribution in [-0.4, -0.2) is 23.3 Å². The summed E-state index contributed by atoms with van der Waals surface area (Å²) in [6, 6.07) is 0. The molecule has 3 heteroatoms. The Morgan fingerprint density at radius 3 is 2.67 bits per heavy atom. The standard InChI is InChI=1S/C9H14O3/c1-5(10)12-9-6-2-3-7(9)8(11)4-6/h6-9,11H,2-4H2,1H3. The van der Waals surface area contributed by atoms with E-state index in [0.717, 1.165) is 19.3 Å². The van der Waals surface area contributed by atoms with E-state index in [1.165, 1.54) is 6.92 Å². The van der Waals surface area contributed by atoms with Crippen molar-refractivity contribution >= 4 is 5.97 Å². The highest BCUT2D eigenvalue weighted by molar-refractivity contribution is 5.66. The number of hydrogen-bond acceptors (Lipinski definition) is 3. The molecule has 0 aromatic carbocycles. The fourth-order valence-electron chi connectivity index (χ4n) is 2.61. The van der Waals surface area contributed by atoms with Crippen LogP contribution in [0, 0.1) is 11.8 Å². The van der Waals surface area contributed by atoms with Gasteiger partial charge in [-0.25, -0.2) is 0 Å². The van der Waals surface area contributed by atoms with E-state index < -0.39 is 0 Å². The minimum atomic E-state index is -0.229. The Labute approximate surface area is 71.7 Å². The molecule has 2 aliphatic carbocycles. The van der Waals surface area contributed by atoms with Gasteiger partial charge in [0.25, 0.3) is 0 Å². The van der Waals surface area contributed by atoms with Crippen molar-refractivity contribution < 1.29 is 14.6 Å². The zero-order valence-electron chi connectivity index (χ0n) is 7.19. The third-order valence-electron chi connectivity index (χ3n) is 3.10. The van der Waals surface area contributed by atoms with Gasteiger partial charge >= 0.3 is 5.97 Å². The molecular weight excluding hydrogens is 156 g/mol. The molecule has 4 atom stereocenters. The van der Waals surface area contributed by atoms with E-state index in [-0.39, 0.29) is 24.1 Å². The number of aliphatic hydroxyl groups is 1. The van der Waals surface area contributed by atoms with Gasteiger partial charge in [0.15, 0.2) is 0 Å². The Morgan fingerprint density at radius 2 is 2.25 bits per heavy atom. The summed E-state index contributed by atoms with van der Waals surface area (Å²) in [5.74, 6) is 0.429. The number of carbonyl (C=O) groups excluding carboxylic acids is 1. The summed E-state index contributed by atoms with van der Waals surface area (Å²) in [5.41, 5.74) is 0. The first-order valence-electron chi connectivity index (χ1n) is 4.54. The molecule has 2 saturated carbocycles. The van der Waals surface area contributed by atoms with Gasteiger partial charge < -0.3 is 9.84 Å². The highest BCUT2D eigenvalue weighted by Crippen LogP contribution is 2.46. The predicted molar refractivity (Wildman–Crippen MR) is 42.4 cm³/mol. The second kappa shape index (κ2) is 2.73. The third kappa shape index (κ3) is 1.12. The minimum Gasteiger partial charge on any atom is -0.462 e. The van der Waals surface area contributed by atoms with Gasteiger partial charge in [0, 0.05) is 12.8 Å². The number of hydrogen-bond donors (Lipinski definition) is 1. The van der Waals surface area contributed by atoms with Crippen molar-refractivity contribution in [1.29, 1.82) is 0 Å². The number of esters is 1. The van der Waals surface area contributed by atoms with Gasteiger partial charge in [0.1, 0.15) is 6.10 Å². The largest absolute Gasteiger partial charge is 0.462 e. The lowest BCUT2D eigenvalue weighted by atomic mass is 9.98. The van der Waals surface area contributed by atoms with Crippen molar-refractivity contribution in [2.24, 2.45) is 11.8 Å². The number of rotatable bonds is 1. The van der Waals surface area contributed by atoms with E-state index in [1.54, 1.807) is 0 Å². The summed E-state index contributed by atoms with van der Waals surface area (Å²) < 4.78 is 5.17. The van der Waals surface area contributed by atoms with Gasteiger partial charge in [-0.2, -0.15) is 0 Å². The Kier molecular flexibility index (Phi) is 1.83. The molecule has 4 unspecified atom stereocenters. The maximum atomic E-state index is 10.7. The topological polar surface area (TPSA) is 46.5 Å². The lowest BCUT2D eigenvalue weighted by Gasteiger charge is -2.16. The average molecular weight is 170 g/mol. The highest BCUT2D eigenvalue weighted by Gasteiger charge is 2.49. The molecule has 0 amide bonds. The van der Waals surface area contributed by atoms with Crippen LogP contribution in [0.25, 0.3) is 0 Å². The van der Waals surface area contributed by atoms with Crippen molar-refractivity contribution in [3.63, 3.8) is 0 Å². The highest BCUT2D eigenvalue weighted by atomic mass is 16.5. The molecule has 0 radical (unpaired) electrons. The second-order valence-electron chi connectivity index (χ2n) is 3.88. The summed E-state index contributed by atoms with van der Waals surface area (Å²) in [6.07, 6.45) is 2.73. The minimum absolute atomic E-state index is 0.0116. The molecule has 0 spiro atoms. The molecule has 2 aliphatic rings. The Morgan fingerprint density at radius 1 is 1.50 bits per heavy atom. The van der Waals surface area contributed by atoms with Crippen LogP contribution in [0.2, 0.25) is 0 Å². The lowest BCUT2D eigenvalue weighted by Crippen LogP contribution is -2.24. The molecule has 0 heterocycles. The van der Waals surface area contributed by atoms with E-state index >= 15 is 0 Å². The van der Waals surface area contributed by atoms with Crippen molar-refractivity contribution in [2.75, 3.05) is 0 Å². The Hall–Kier alpha value is -0.570. The van der Waals surface area contributed by atoms with Crippen LogP contribution < -0.4 is 0 Å². The first-order valence-corrected chi connectivity index (χ1v) is 4.54. The monoisotopic (exact) mass is 170 g/mol. The molecule has 0 aromatic heterocycles. The van der Waals surface area contributed by atoms with E-state index in [2.05, 4.69) is 0 Å². The van der Waals surface area contributed by atoms with Crippen molar-refractivity contribution in [3.8, 4) is 0 Å². The molecule has 1 N–H and O–H groups in total. The molecule has 12 heavy (non-hydrogen) atoms. The van der Waals surface area contributed by atoms with E-state index in [9.17, 15) is 9.90 Å². The summed E-state index contributed by atoms with van der Waals surface area (Å²) >= 11 is 0. The van der Waals surface area contributed by atoms with Crippen LogP contribution in [0.5, 0.6) is 0 Å². The van der Waals surface area contributed by atoms with Gasteiger partial charge in [-0.05, 0) is 25.2 Å². The van der Waals surface area contributed by atoms with Crippen LogP contribution in [0.4, 0.5) is 0 Å². The SMILES string of the molecule is CC(=O)OC1C2CCC1C(O)C2. The average Bonchev–Trinajstić information content (AvgIpc) is 2.44. The van der Waals surface area contributed by atoms with Crippen LogP contribution >= 0.6 is 0 Å². The summed E-state index contributed by atoms with van der Waals surface area (Å²) in [6.45, 7) is 1.43. The molecule has 2 fully saturated rings. The summed E-state index contributed by atoms with van der Waals surface area (Å²) in [5, 5.41) is 9.51. The number of carbonyl (C=O) groups is 1. The fraction of sp³-hybridized carbons (Fsp3) is 0.889. The van der Waals surface area contributed by atoms with Gasteiger partial charge in [0.05, 0.1) is 6.10 Å². The van der Waals surface area contributed by atoms with Gasteiger partial charge in [-0.3, -0.25) is 4.79 Å². The fourth-order valence-corrected chi connectivity index (χ4v) is 2.61. The molecule has 0 aliphatic heterocycles. The van der Waals surface area contributed by atoms with Gasteiger partial charge in [0.2, 0.25) is 0 Å². The molecule has 0 saturated heterocycles. The second-order valence-corrected chi connectivity index (χ2v) is 3.88. The number of aliphatic hydroxyl groups excluding tert-OH is 1. The first kappa shape index (κ1) is 8.05. The molecule has 2 bridgehead atoms. The quantitative estimate of drug-likeness (QED) is 0.589. The molecular formula is C9H14O3. The van der Waals surface area contributed by atoms with Crippen LogP contribution in [0.3, 0.4) is 0 Å². The van der Waals surface area contributed by atoms with E-state index in [1.807, 2.05) is 0 Å². The van der Waals surface area contributed by atoms with E-state index in [0.29, 0.717) is 5.92 Å².